The Balaban J connectivity index is 2.15. The maximum Gasteiger partial charge on any atom is 0.282 e. The summed E-state index contributed by atoms with van der Waals surface area (Å²) in [6, 6.07) is 17.4. The molecule has 21 heavy (non-hydrogen) atoms. The van der Waals surface area contributed by atoms with Gasteiger partial charge in [-0.15, -0.1) is 0 Å². The van der Waals surface area contributed by atoms with E-state index in [1.807, 2.05) is 61.5 Å². The number of aromatic nitrogens is 3. The number of fused-ring (bicyclic) bond motifs is 3. The van der Waals surface area contributed by atoms with E-state index in [0.717, 1.165) is 28.0 Å². The van der Waals surface area contributed by atoms with E-state index in [1.165, 1.54) is 4.68 Å². The van der Waals surface area contributed by atoms with Gasteiger partial charge in [-0.25, -0.2) is 0 Å². The summed E-state index contributed by atoms with van der Waals surface area (Å²) in [4.78, 5) is 16.0. The van der Waals surface area contributed by atoms with E-state index in [1.54, 1.807) is 0 Å². The maximum absolute atomic E-state index is 12.7. The van der Waals surface area contributed by atoms with Crippen molar-refractivity contribution in [3.8, 4) is 16.9 Å². The largest absolute Gasteiger partial charge is 0.358 e. The molecule has 0 aliphatic carbocycles. The SMILES string of the molecule is Cc1[nH]c2ccccc2c2nn(-c3ccccc3)c(=O)c1-2. The normalized spacial score (nSPS) is 11.3. The van der Waals surface area contributed by atoms with Crippen LogP contribution in [0.2, 0.25) is 0 Å². The third-order valence-corrected chi connectivity index (χ3v) is 3.72. The molecule has 2 aromatic rings. The van der Waals surface area contributed by atoms with Gasteiger partial charge in [0.15, 0.2) is 0 Å². The lowest BCUT2D eigenvalue weighted by Crippen LogP contribution is -2.15. The van der Waals surface area contributed by atoms with E-state index in [4.69, 9.17) is 0 Å². The summed E-state index contributed by atoms with van der Waals surface area (Å²) in [5.74, 6) is 0. The molecule has 0 spiro atoms. The average molecular weight is 275 g/mol. The molecule has 0 atom stereocenters. The Morgan fingerprint density at radius 3 is 2.52 bits per heavy atom. The molecule has 1 N–H and O–H groups in total. The Hall–Kier alpha value is -2.88. The fourth-order valence-electron chi connectivity index (χ4n) is 2.74. The van der Waals surface area contributed by atoms with Crippen LogP contribution in [0.5, 0.6) is 0 Å². The van der Waals surface area contributed by atoms with Gasteiger partial charge in [-0.1, -0.05) is 36.4 Å². The number of H-pyrrole nitrogens is 1. The van der Waals surface area contributed by atoms with Crippen LogP contribution in [0.15, 0.2) is 59.4 Å². The third-order valence-electron chi connectivity index (χ3n) is 3.72. The lowest BCUT2D eigenvalue weighted by atomic mass is 10.1. The van der Waals surface area contributed by atoms with Gasteiger partial charge in [-0.2, -0.15) is 9.78 Å². The molecule has 2 aromatic carbocycles. The van der Waals surface area contributed by atoms with Crippen LogP contribution in [-0.2, 0) is 0 Å². The van der Waals surface area contributed by atoms with Gasteiger partial charge in [0, 0.05) is 16.6 Å². The van der Waals surface area contributed by atoms with Crippen molar-refractivity contribution in [1.29, 1.82) is 0 Å². The first-order valence-corrected chi connectivity index (χ1v) is 6.81. The molecule has 0 saturated carbocycles. The van der Waals surface area contributed by atoms with Crippen molar-refractivity contribution in [3.63, 3.8) is 0 Å². The Labute approximate surface area is 121 Å². The molecule has 2 aliphatic rings. The van der Waals surface area contributed by atoms with E-state index in [9.17, 15) is 4.79 Å². The van der Waals surface area contributed by atoms with Crippen molar-refractivity contribution in [2.45, 2.75) is 6.92 Å². The van der Waals surface area contributed by atoms with Gasteiger partial charge >= 0.3 is 0 Å². The highest BCUT2D eigenvalue weighted by Gasteiger charge is 2.21. The Morgan fingerprint density at radius 1 is 1.00 bits per heavy atom. The lowest BCUT2D eigenvalue weighted by molar-refractivity contribution is 0.859. The zero-order valence-electron chi connectivity index (χ0n) is 11.5. The van der Waals surface area contributed by atoms with Gasteiger partial charge in [0.05, 0.1) is 11.3 Å². The second-order valence-corrected chi connectivity index (χ2v) is 5.07. The molecule has 0 radical (unpaired) electrons. The molecule has 0 bridgehead atoms. The predicted octanol–water partition coefficient (Wildman–Crippen LogP) is 3.13. The molecule has 4 rings (SSSR count). The van der Waals surface area contributed by atoms with Gasteiger partial charge in [0.1, 0.15) is 5.69 Å². The molecule has 0 saturated heterocycles. The van der Waals surface area contributed by atoms with E-state index in [0.29, 0.717) is 5.56 Å². The molecular formula is C17H13N3O. The van der Waals surface area contributed by atoms with Crippen LogP contribution >= 0.6 is 0 Å². The van der Waals surface area contributed by atoms with E-state index in [-0.39, 0.29) is 5.56 Å². The van der Waals surface area contributed by atoms with Crippen LogP contribution in [-0.4, -0.2) is 14.8 Å². The minimum atomic E-state index is -0.0873. The van der Waals surface area contributed by atoms with Crippen LogP contribution in [0.4, 0.5) is 0 Å². The standard InChI is InChI=1S/C17H13N3O/c1-11-15-16(13-9-5-6-10-14(13)18-11)19-20(17(15)21)12-7-3-2-4-8-12/h2-10,18H,1H3. The number of benzene rings is 2. The monoisotopic (exact) mass is 275 g/mol. The average Bonchev–Trinajstić information content (AvgIpc) is 2.87. The molecule has 0 aromatic heterocycles. The molecule has 4 nitrogen and oxygen atoms in total. The highest BCUT2D eigenvalue weighted by Crippen LogP contribution is 2.28. The van der Waals surface area contributed by atoms with Gasteiger partial charge in [0.2, 0.25) is 0 Å². The molecule has 102 valence electrons. The van der Waals surface area contributed by atoms with Crippen molar-refractivity contribution >= 4 is 10.9 Å². The molecule has 4 heteroatoms. The molecule has 0 amide bonds. The lowest BCUT2D eigenvalue weighted by Gasteiger charge is -2.05. The summed E-state index contributed by atoms with van der Waals surface area (Å²) < 4.78 is 1.47. The minimum absolute atomic E-state index is 0.0873. The molecule has 2 aliphatic heterocycles. The number of nitrogens with one attached hydrogen (secondary N) is 1. The minimum Gasteiger partial charge on any atom is -0.358 e. The molecule has 0 unspecified atom stereocenters. The van der Waals surface area contributed by atoms with Crippen LogP contribution in [0.1, 0.15) is 5.69 Å². The number of para-hydroxylation sites is 2. The number of aromatic amines is 1. The summed E-state index contributed by atoms with van der Waals surface area (Å²) in [5, 5.41) is 5.52. The fourth-order valence-corrected chi connectivity index (χ4v) is 2.74. The molecule has 2 heterocycles. The van der Waals surface area contributed by atoms with Crippen molar-refractivity contribution in [1.82, 2.24) is 14.8 Å². The first kappa shape index (κ1) is 11.9. The first-order chi connectivity index (χ1) is 10.3. The smallest absolute Gasteiger partial charge is 0.282 e. The van der Waals surface area contributed by atoms with Gasteiger partial charge in [-0.05, 0) is 25.1 Å². The Morgan fingerprint density at radius 2 is 1.71 bits per heavy atom. The summed E-state index contributed by atoms with van der Waals surface area (Å²) in [5.41, 5.74) is 3.92. The van der Waals surface area contributed by atoms with Crippen molar-refractivity contribution in [2.75, 3.05) is 0 Å². The molecular weight excluding hydrogens is 262 g/mol. The number of nitrogens with zero attached hydrogens (tertiary/aromatic N) is 2. The third kappa shape index (κ3) is 1.69. The highest BCUT2D eigenvalue weighted by molar-refractivity contribution is 5.94. The number of rotatable bonds is 1. The second-order valence-electron chi connectivity index (χ2n) is 5.07. The number of hydrogen-bond acceptors (Lipinski definition) is 2. The van der Waals surface area contributed by atoms with Gasteiger partial charge in [0.25, 0.3) is 5.56 Å². The summed E-state index contributed by atoms with van der Waals surface area (Å²) in [6.07, 6.45) is 0. The number of pyridine rings is 1. The maximum atomic E-state index is 12.7. The van der Waals surface area contributed by atoms with Crippen molar-refractivity contribution < 1.29 is 0 Å². The van der Waals surface area contributed by atoms with Crippen LogP contribution in [0, 0.1) is 6.92 Å². The van der Waals surface area contributed by atoms with E-state index in [2.05, 4.69) is 10.1 Å². The first-order valence-electron chi connectivity index (χ1n) is 6.81. The Kier molecular flexibility index (Phi) is 2.44. The molecule has 0 fully saturated rings. The van der Waals surface area contributed by atoms with Crippen LogP contribution in [0.3, 0.4) is 0 Å². The predicted molar refractivity (Wildman–Crippen MR) is 83.0 cm³/mol. The van der Waals surface area contributed by atoms with E-state index < -0.39 is 0 Å². The van der Waals surface area contributed by atoms with Crippen molar-refractivity contribution in [3.05, 3.63) is 70.6 Å². The number of hydrogen-bond donors (Lipinski definition) is 1. The number of aryl methyl sites for hydroxylation is 1. The topological polar surface area (TPSA) is 50.7 Å². The summed E-state index contributed by atoms with van der Waals surface area (Å²) in [6.45, 7) is 1.91. The van der Waals surface area contributed by atoms with Crippen LogP contribution in [0.25, 0.3) is 27.8 Å². The second kappa shape index (κ2) is 4.31. The summed E-state index contributed by atoms with van der Waals surface area (Å²) >= 11 is 0. The van der Waals surface area contributed by atoms with Crippen molar-refractivity contribution in [2.24, 2.45) is 0 Å². The van der Waals surface area contributed by atoms with E-state index >= 15 is 0 Å². The fraction of sp³-hybridized carbons (Fsp3) is 0.0588. The zero-order chi connectivity index (χ0) is 14.4. The van der Waals surface area contributed by atoms with Gasteiger partial charge < -0.3 is 4.98 Å². The Bertz CT molecular complexity index is 966. The van der Waals surface area contributed by atoms with Gasteiger partial charge in [-0.3, -0.25) is 4.79 Å². The summed E-state index contributed by atoms with van der Waals surface area (Å²) in [7, 11) is 0. The zero-order valence-corrected chi connectivity index (χ0v) is 11.5. The highest BCUT2D eigenvalue weighted by atomic mass is 16.1. The van der Waals surface area contributed by atoms with Crippen LogP contribution < -0.4 is 5.56 Å². The quantitative estimate of drug-likeness (QED) is 0.580.